The SMILES string of the molecule is CCCC[C@H](NC(=O)c1ccc(S(=O)(=O)NCc2ccco2)cc1)C(=O)O. The number of furan rings is 1. The van der Waals surface area contributed by atoms with Crippen molar-refractivity contribution >= 4 is 21.9 Å². The molecule has 1 aromatic carbocycles. The zero-order chi connectivity index (χ0) is 19.9. The zero-order valence-corrected chi connectivity index (χ0v) is 15.7. The largest absolute Gasteiger partial charge is 0.480 e. The number of carbonyl (C=O) groups excluding carboxylic acids is 1. The Morgan fingerprint density at radius 3 is 2.44 bits per heavy atom. The van der Waals surface area contributed by atoms with Gasteiger partial charge in [-0.15, -0.1) is 0 Å². The second-order valence-corrected chi connectivity index (χ2v) is 7.70. The van der Waals surface area contributed by atoms with Crippen molar-refractivity contribution in [2.24, 2.45) is 0 Å². The number of hydrogen-bond acceptors (Lipinski definition) is 5. The third-order valence-corrected chi connectivity index (χ3v) is 5.31. The second-order valence-electron chi connectivity index (χ2n) is 5.93. The van der Waals surface area contributed by atoms with Gasteiger partial charge in [0, 0.05) is 5.56 Å². The molecular weight excluding hydrogens is 372 g/mol. The molecule has 0 fully saturated rings. The number of aliphatic carboxylic acids is 1. The van der Waals surface area contributed by atoms with Crippen molar-refractivity contribution in [2.45, 2.75) is 43.7 Å². The van der Waals surface area contributed by atoms with Crippen LogP contribution in [0.5, 0.6) is 0 Å². The number of carbonyl (C=O) groups is 2. The molecular formula is C18H22N2O6S. The van der Waals surface area contributed by atoms with Crippen molar-refractivity contribution in [1.82, 2.24) is 10.0 Å². The van der Waals surface area contributed by atoms with Crippen LogP contribution in [0, 0.1) is 0 Å². The molecule has 2 aromatic rings. The summed E-state index contributed by atoms with van der Waals surface area (Å²) in [5.74, 6) is -1.19. The fourth-order valence-electron chi connectivity index (χ4n) is 2.36. The Bertz CT molecular complexity index is 860. The van der Waals surface area contributed by atoms with E-state index in [4.69, 9.17) is 4.42 Å². The molecule has 1 amide bonds. The average molecular weight is 394 g/mol. The molecule has 8 nitrogen and oxygen atoms in total. The van der Waals surface area contributed by atoms with Gasteiger partial charge < -0.3 is 14.8 Å². The Labute approximate surface area is 157 Å². The van der Waals surface area contributed by atoms with Crippen LogP contribution in [-0.4, -0.2) is 31.4 Å². The van der Waals surface area contributed by atoms with Gasteiger partial charge in [-0.25, -0.2) is 17.9 Å². The molecule has 0 saturated carbocycles. The summed E-state index contributed by atoms with van der Waals surface area (Å²) in [4.78, 5) is 23.4. The van der Waals surface area contributed by atoms with Crippen LogP contribution in [0.3, 0.4) is 0 Å². The van der Waals surface area contributed by atoms with Crippen molar-refractivity contribution in [1.29, 1.82) is 0 Å². The van der Waals surface area contributed by atoms with Crippen molar-refractivity contribution in [3.8, 4) is 0 Å². The average Bonchev–Trinajstić information content (AvgIpc) is 3.17. The Morgan fingerprint density at radius 2 is 1.89 bits per heavy atom. The van der Waals surface area contributed by atoms with E-state index in [2.05, 4.69) is 10.0 Å². The summed E-state index contributed by atoms with van der Waals surface area (Å²) in [6, 6.07) is 7.60. The van der Waals surface area contributed by atoms with Crippen LogP contribution >= 0.6 is 0 Å². The van der Waals surface area contributed by atoms with E-state index in [0.717, 1.165) is 6.42 Å². The van der Waals surface area contributed by atoms with E-state index in [0.29, 0.717) is 18.6 Å². The molecule has 0 radical (unpaired) electrons. The Balaban J connectivity index is 2.02. The normalized spacial score (nSPS) is 12.5. The fourth-order valence-corrected chi connectivity index (χ4v) is 3.35. The molecule has 0 aliphatic heterocycles. The third-order valence-electron chi connectivity index (χ3n) is 3.89. The van der Waals surface area contributed by atoms with Gasteiger partial charge in [-0.05, 0) is 42.8 Å². The van der Waals surface area contributed by atoms with Gasteiger partial charge in [0.25, 0.3) is 5.91 Å². The number of unbranched alkanes of at least 4 members (excludes halogenated alkanes) is 1. The van der Waals surface area contributed by atoms with Crippen molar-refractivity contribution in [2.75, 3.05) is 0 Å². The van der Waals surface area contributed by atoms with Crippen LogP contribution in [0.2, 0.25) is 0 Å². The first-order valence-electron chi connectivity index (χ1n) is 8.49. The first-order chi connectivity index (χ1) is 12.8. The minimum atomic E-state index is -3.76. The Kier molecular flexibility index (Phi) is 7.14. The first kappa shape index (κ1) is 20.7. The number of sulfonamides is 1. The predicted octanol–water partition coefficient (Wildman–Crippen LogP) is 2.13. The molecule has 0 aliphatic carbocycles. The summed E-state index contributed by atoms with van der Waals surface area (Å²) in [7, 11) is -3.76. The summed E-state index contributed by atoms with van der Waals surface area (Å²) in [5.41, 5.74) is 0.183. The van der Waals surface area contributed by atoms with Gasteiger partial charge in [-0.1, -0.05) is 19.8 Å². The summed E-state index contributed by atoms with van der Waals surface area (Å²) in [5, 5.41) is 11.6. The smallest absolute Gasteiger partial charge is 0.326 e. The Morgan fingerprint density at radius 1 is 1.19 bits per heavy atom. The lowest BCUT2D eigenvalue weighted by Crippen LogP contribution is -2.40. The number of nitrogens with one attached hydrogen (secondary N) is 2. The van der Waals surface area contributed by atoms with E-state index in [1.165, 1.54) is 30.5 Å². The fraction of sp³-hybridized carbons (Fsp3) is 0.333. The summed E-state index contributed by atoms with van der Waals surface area (Å²) >= 11 is 0. The summed E-state index contributed by atoms with van der Waals surface area (Å²) in [6.07, 6.45) is 3.27. The minimum Gasteiger partial charge on any atom is -0.480 e. The molecule has 3 N–H and O–H groups in total. The van der Waals surface area contributed by atoms with Gasteiger partial charge in [-0.2, -0.15) is 0 Å². The topological polar surface area (TPSA) is 126 Å². The van der Waals surface area contributed by atoms with E-state index in [1.54, 1.807) is 12.1 Å². The molecule has 1 atom stereocenters. The van der Waals surface area contributed by atoms with Crippen LogP contribution in [0.15, 0.2) is 52.0 Å². The van der Waals surface area contributed by atoms with E-state index in [-0.39, 0.29) is 17.0 Å². The van der Waals surface area contributed by atoms with Gasteiger partial charge in [0.2, 0.25) is 10.0 Å². The number of hydrogen-bond donors (Lipinski definition) is 3. The van der Waals surface area contributed by atoms with Gasteiger partial charge in [0.15, 0.2) is 0 Å². The number of carboxylic acid groups (broad SMARTS) is 1. The van der Waals surface area contributed by atoms with Gasteiger partial charge in [0.1, 0.15) is 11.8 Å². The maximum atomic E-state index is 12.3. The van der Waals surface area contributed by atoms with Crippen LogP contribution in [0.1, 0.15) is 42.3 Å². The van der Waals surface area contributed by atoms with Crippen LogP contribution in [0.4, 0.5) is 0 Å². The van der Waals surface area contributed by atoms with Crippen molar-refractivity contribution in [3.05, 3.63) is 54.0 Å². The molecule has 0 unspecified atom stereocenters. The minimum absolute atomic E-state index is 0.00799. The van der Waals surface area contributed by atoms with Gasteiger partial charge in [0.05, 0.1) is 17.7 Å². The van der Waals surface area contributed by atoms with Crippen molar-refractivity contribution in [3.63, 3.8) is 0 Å². The van der Waals surface area contributed by atoms with Crippen LogP contribution in [0.25, 0.3) is 0 Å². The quantitative estimate of drug-likeness (QED) is 0.567. The maximum absolute atomic E-state index is 12.3. The molecule has 9 heteroatoms. The molecule has 146 valence electrons. The highest BCUT2D eigenvalue weighted by atomic mass is 32.2. The standard InChI is InChI=1S/C18H22N2O6S/c1-2-3-6-16(18(22)23)20-17(21)13-7-9-15(10-8-13)27(24,25)19-12-14-5-4-11-26-14/h4-5,7-11,16,19H,2-3,6,12H2,1H3,(H,20,21)(H,22,23)/t16-/m0/s1. The van der Waals surface area contributed by atoms with E-state index < -0.39 is 27.9 Å². The Hall–Kier alpha value is -2.65. The molecule has 2 rings (SSSR count). The first-order valence-corrected chi connectivity index (χ1v) is 9.97. The lowest BCUT2D eigenvalue weighted by Gasteiger charge is -2.14. The number of benzene rings is 1. The van der Waals surface area contributed by atoms with Crippen LogP contribution in [-0.2, 0) is 21.4 Å². The predicted molar refractivity (Wildman–Crippen MR) is 97.6 cm³/mol. The van der Waals surface area contributed by atoms with E-state index in [1.807, 2.05) is 6.92 Å². The van der Waals surface area contributed by atoms with Crippen LogP contribution < -0.4 is 10.0 Å². The lowest BCUT2D eigenvalue weighted by atomic mass is 10.1. The third kappa shape index (κ3) is 5.93. The summed E-state index contributed by atoms with van der Waals surface area (Å²) in [6.45, 7) is 1.94. The number of carboxylic acids is 1. The molecule has 0 bridgehead atoms. The highest BCUT2D eigenvalue weighted by Gasteiger charge is 2.21. The van der Waals surface area contributed by atoms with Crippen molar-refractivity contribution < 1.29 is 27.5 Å². The van der Waals surface area contributed by atoms with Gasteiger partial charge in [-0.3, -0.25) is 4.79 Å². The highest BCUT2D eigenvalue weighted by Crippen LogP contribution is 2.12. The number of amides is 1. The van der Waals surface area contributed by atoms with E-state index >= 15 is 0 Å². The monoisotopic (exact) mass is 394 g/mol. The molecule has 1 aromatic heterocycles. The lowest BCUT2D eigenvalue weighted by molar-refractivity contribution is -0.139. The molecule has 0 saturated heterocycles. The zero-order valence-electron chi connectivity index (χ0n) is 14.8. The number of rotatable bonds is 10. The van der Waals surface area contributed by atoms with Gasteiger partial charge >= 0.3 is 5.97 Å². The highest BCUT2D eigenvalue weighted by molar-refractivity contribution is 7.89. The second kappa shape index (κ2) is 9.33. The molecule has 0 aliphatic rings. The molecule has 0 spiro atoms. The molecule has 1 heterocycles. The molecule has 27 heavy (non-hydrogen) atoms. The maximum Gasteiger partial charge on any atom is 0.326 e. The van der Waals surface area contributed by atoms with E-state index in [9.17, 15) is 23.1 Å². The summed E-state index contributed by atoms with van der Waals surface area (Å²) < 4.78 is 32.0.